The third-order valence-corrected chi connectivity index (χ3v) is 3.42. The smallest absolute Gasteiger partial charge is 0.224 e. The fourth-order valence-corrected chi connectivity index (χ4v) is 2.29. The molecular weight excluding hydrogens is 242 g/mol. The predicted octanol–water partition coefficient (Wildman–Crippen LogP) is 0.666. The SMILES string of the molecule is COCCN1CC[C@H](C(=O)NCc2ccccn2)C1. The van der Waals surface area contributed by atoms with Crippen molar-refractivity contribution in [2.75, 3.05) is 33.4 Å². The average Bonchev–Trinajstić information content (AvgIpc) is 2.92. The summed E-state index contributed by atoms with van der Waals surface area (Å²) in [6.45, 7) is 3.94. The van der Waals surface area contributed by atoms with Crippen LogP contribution in [-0.2, 0) is 16.1 Å². The molecule has 1 aliphatic rings. The number of hydrogen-bond acceptors (Lipinski definition) is 4. The van der Waals surface area contributed by atoms with Gasteiger partial charge in [-0.25, -0.2) is 0 Å². The van der Waals surface area contributed by atoms with Crippen molar-refractivity contribution >= 4 is 5.91 Å². The molecule has 1 aliphatic heterocycles. The fourth-order valence-electron chi connectivity index (χ4n) is 2.29. The van der Waals surface area contributed by atoms with E-state index < -0.39 is 0 Å². The number of rotatable bonds is 6. The van der Waals surface area contributed by atoms with Crippen LogP contribution in [0, 0.1) is 5.92 Å². The van der Waals surface area contributed by atoms with Gasteiger partial charge in [-0.15, -0.1) is 0 Å². The summed E-state index contributed by atoms with van der Waals surface area (Å²) in [5.74, 6) is 0.228. The van der Waals surface area contributed by atoms with Gasteiger partial charge in [-0.1, -0.05) is 6.07 Å². The molecule has 0 aliphatic carbocycles. The summed E-state index contributed by atoms with van der Waals surface area (Å²) in [6, 6.07) is 5.71. The molecule has 1 fully saturated rings. The Morgan fingerprint density at radius 3 is 3.21 bits per heavy atom. The lowest BCUT2D eigenvalue weighted by Gasteiger charge is -2.15. The Morgan fingerprint density at radius 2 is 2.47 bits per heavy atom. The number of carbonyl (C=O) groups excluding carboxylic acids is 1. The van der Waals surface area contributed by atoms with Gasteiger partial charge >= 0.3 is 0 Å². The molecule has 1 amide bonds. The molecule has 19 heavy (non-hydrogen) atoms. The van der Waals surface area contributed by atoms with Crippen molar-refractivity contribution in [3.8, 4) is 0 Å². The van der Waals surface area contributed by atoms with Crippen molar-refractivity contribution in [1.29, 1.82) is 0 Å². The van der Waals surface area contributed by atoms with E-state index in [1.807, 2.05) is 18.2 Å². The van der Waals surface area contributed by atoms with E-state index in [-0.39, 0.29) is 11.8 Å². The molecule has 1 saturated heterocycles. The molecule has 1 aromatic heterocycles. The maximum atomic E-state index is 12.0. The summed E-state index contributed by atoms with van der Waals surface area (Å²) in [5, 5.41) is 2.96. The Bertz CT molecular complexity index is 397. The van der Waals surface area contributed by atoms with E-state index >= 15 is 0 Å². The van der Waals surface area contributed by atoms with Crippen LogP contribution in [0.2, 0.25) is 0 Å². The standard InChI is InChI=1S/C14H21N3O2/c1-19-9-8-17-7-5-12(11-17)14(18)16-10-13-4-2-3-6-15-13/h2-4,6,12H,5,7-11H2,1H3,(H,16,18)/t12-/m0/s1. The molecule has 104 valence electrons. The molecule has 5 heteroatoms. The van der Waals surface area contributed by atoms with Crippen LogP contribution in [0.3, 0.4) is 0 Å². The zero-order chi connectivity index (χ0) is 13.5. The minimum atomic E-state index is 0.0977. The zero-order valence-corrected chi connectivity index (χ0v) is 11.3. The molecule has 1 aromatic rings. The van der Waals surface area contributed by atoms with Crippen LogP contribution in [0.1, 0.15) is 12.1 Å². The molecule has 0 unspecified atom stereocenters. The number of nitrogens with zero attached hydrogens (tertiary/aromatic N) is 2. The Kier molecular flexibility index (Phi) is 5.30. The van der Waals surface area contributed by atoms with Crippen LogP contribution in [0.4, 0.5) is 0 Å². The van der Waals surface area contributed by atoms with E-state index in [4.69, 9.17) is 4.74 Å². The quantitative estimate of drug-likeness (QED) is 0.819. The third-order valence-electron chi connectivity index (χ3n) is 3.42. The second kappa shape index (κ2) is 7.21. The van der Waals surface area contributed by atoms with Gasteiger partial charge in [0.15, 0.2) is 0 Å². The van der Waals surface area contributed by atoms with Gasteiger partial charge in [-0.2, -0.15) is 0 Å². The van der Waals surface area contributed by atoms with Crippen molar-refractivity contribution in [3.63, 3.8) is 0 Å². The Morgan fingerprint density at radius 1 is 1.58 bits per heavy atom. The highest BCUT2D eigenvalue weighted by molar-refractivity contribution is 5.79. The van der Waals surface area contributed by atoms with Gasteiger partial charge in [0, 0.05) is 26.4 Å². The van der Waals surface area contributed by atoms with Gasteiger partial charge in [0.25, 0.3) is 0 Å². The Labute approximate surface area is 114 Å². The number of nitrogens with one attached hydrogen (secondary N) is 1. The van der Waals surface area contributed by atoms with Gasteiger partial charge in [0.2, 0.25) is 5.91 Å². The molecule has 1 atom stereocenters. The minimum Gasteiger partial charge on any atom is -0.383 e. The molecule has 0 bridgehead atoms. The Balaban J connectivity index is 1.72. The lowest BCUT2D eigenvalue weighted by Crippen LogP contribution is -2.33. The summed E-state index contributed by atoms with van der Waals surface area (Å²) in [7, 11) is 1.70. The molecule has 0 radical (unpaired) electrons. The molecule has 1 N–H and O–H groups in total. The second-order valence-electron chi connectivity index (χ2n) is 4.82. The molecule has 0 spiro atoms. The zero-order valence-electron chi connectivity index (χ0n) is 11.3. The normalized spacial score (nSPS) is 19.5. The highest BCUT2D eigenvalue weighted by Crippen LogP contribution is 2.15. The second-order valence-corrected chi connectivity index (χ2v) is 4.82. The number of methoxy groups -OCH3 is 1. The van der Waals surface area contributed by atoms with E-state index in [1.54, 1.807) is 13.3 Å². The first-order chi connectivity index (χ1) is 9.29. The average molecular weight is 263 g/mol. The molecule has 5 nitrogen and oxygen atoms in total. The topological polar surface area (TPSA) is 54.5 Å². The fraction of sp³-hybridized carbons (Fsp3) is 0.571. The Hall–Kier alpha value is -1.46. The van der Waals surface area contributed by atoms with Crippen molar-refractivity contribution in [1.82, 2.24) is 15.2 Å². The minimum absolute atomic E-state index is 0.0977. The van der Waals surface area contributed by atoms with Crippen LogP contribution in [-0.4, -0.2) is 49.1 Å². The van der Waals surface area contributed by atoms with Crippen LogP contribution < -0.4 is 5.32 Å². The van der Waals surface area contributed by atoms with Crippen LogP contribution in [0.25, 0.3) is 0 Å². The lowest BCUT2D eigenvalue weighted by molar-refractivity contribution is -0.124. The summed E-state index contributed by atoms with van der Waals surface area (Å²) >= 11 is 0. The van der Waals surface area contributed by atoms with E-state index in [9.17, 15) is 4.79 Å². The molecule has 2 rings (SSSR count). The number of ether oxygens (including phenoxy) is 1. The van der Waals surface area contributed by atoms with Crippen molar-refractivity contribution in [2.24, 2.45) is 5.92 Å². The number of carbonyl (C=O) groups is 1. The summed E-state index contributed by atoms with van der Waals surface area (Å²) < 4.78 is 5.05. The number of hydrogen-bond donors (Lipinski definition) is 1. The maximum absolute atomic E-state index is 12.0. The van der Waals surface area contributed by atoms with Gasteiger partial charge in [-0.3, -0.25) is 9.78 Å². The maximum Gasteiger partial charge on any atom is 0.224 e. The first kappa shape index (κ1) is 14.0. The van der Waals surface area contributed by atoms with Gasteiger partial charge in [-0.05, 0) is 25.1 Å². The lowest BCUT2D eigenvalue weighted by atomic mass is 10.1. The highest BCUT2D eigenvalue weighted by Gasteiger charge is 2.27. The van der Waals surface area contributed by atoms with Crippen LogP contribution in [0.5, 0.6) is 0 Å². The van der Waals surface area contributed by atoms with Gasteiger partial charge in [0.1, 0.15) is 0 Å². The summed E-state index contributed by atoms with van der Waals surface area (Å²) in [5.41, 5.74) is 0.894. The monoisotopic (exact) mass is 263 g/mol. The van der Waals surface area contributed by atoms with E-state index in [1.165, 1.54) is 0 Å². The predicted molar refractivity (Wildman–Crippen MR) is 72.5 cm³/mol. The van der Waals surface area contributed by atoms with E-state index in [2.05, 4.69) is 15.2 Å². The molecular formula is C14H21N3O2. The number of pyridine rings is 1. The number of aromatic nitrogens is 1. The van der Waals surface area contributed by atoms with Crippen molar-refractivity contribution < 1.29 is 9.53 Å². The highest BCUT2D eigenvalue weighted by atomic mass is 16.5. The largest absolute Gasteiger partial charge is 0.383 e. The number of likely N-dealkylation sites (tertiary alicyclic amines) is 1. The summed E-state index contributed by atoms with van der Waals surface area (Å²) in [4.78, 5) is 18.5. The molecule has 0 aromatic carbocycles. The van der Waals surface area contributed by atoms with Gasteiger partial charge in [0.05, 0.1) is 24.8 Å². The van der Waals surface area contributed by atoms with E-state index in [0.717, 1.165) is 38.4 Å². The van der Waals surface area contributed by atoms with Crippen LogP contribution in [0.15, 0.2) is 24.4 Å². The third kappa shape index (κ3) is 4.29. The molecule has 0 saturated carbocycles. The first-order valence-electron chi connectivity index (χ1n) is 6.68. The van der Waals surface area contributed by atoms with Crippen molar-refractivity contribution in [3.05, 3.63) is 30.1 Å². The van der Waals surface area contributed by atoms with Gasteiger partial charge < -0.3 is 15.0 Å². The van der Waals surface area contributed by atoms with E-state index in [0.29, 0.717) is 6.54 Å². The molecule has 2 heterocycles. The van der Waals surface area contributed by atoms with Crippen molar-refractivity contribution in [2.45, 2.75) is 13.0 Å². The van der Waals surface area contributed by atoms with Crippen LogP contribution >= 0.6 is 0 Å². The number of amides is 1. The first-order valence-corrected chi connectivity index (χ1v) is 6.68. The summed E-state index contributed by atoms with van der Waals surface area (Å²) in [6.07, 6.45) is 2.67.